The van der Waals surface area contributed by atoms with Gasteiger partial charge in [0.2, 0.25) is 0 Å². The minimum absolute atomic E-state index is 0.318. The van der Waals surface area contributed by atoms with Gasteiger partial charge in [0.1, 0.15) is 0 Å². The Balaban J connectivity index is 2.04. The molecule has 1 aromatic rings. The molecule has 0 bridgehead atoms. The molecule has 2 heteroatoms. The number of aliphatic hydroxyl groups is 1. The Bertz CT molecular complexity index is 299. The summed E-state index contributed by atoms with van der Waals surface area (Å²) in [6, 6.07) is 3.86. The second-order valence-electron chi connectivity index (χ2n) is 4.76. The topological polar surface area (TPSA) is 33.1 Å². The van der Waals surface area contributed by atoms with Crippen LogP contribution in [0.5, 0.6) is 0 Å². The van der Waals surface area contributed by atoms with Gasteiger partial charge >= 0.3 is 0 Å². The molecule has 1 aliphatic rings. The van der Waals surface area contributed by atoms with Crippen molar-refractivity contribution in [3.63, 3.8) is 0 Å². The van der Waals surface area contributed by atoms with E-state index in [0.29, 0.717) is 5.92 Å². The van der Waals surface area contributed by atoms with Crippen molar-refractivity contribution in [2.75, 3.05) is 0 Å². The van der Waals surface area contributed by atoms with Gasteiger partial charge in [-0.1, -0.05) is 25.8 Å². The quantitative estimate of drug-likeness (QED) is 0.805. The average molecular weight is 205 g/mol. The summed E-state index contributed by atoms with van der Waals surface area (Å²) >= 11 is 0. The van der Waals surface area contributed by atoms with E-state index in [9.17, 15) is 5.11 Å². The van der Waals surface area contributed by atoms with Crippen LogP contribution in [0.4, 0.5) is 0 Å². The third-order valence-corrected chi connectivity index (χ3v) is 3.45. The minimum atomic E-state index is -0.318. The monoisotopic (exact) mass is 205 g/mol. The van der Waals surface area contributed by atoms with E-state index in [1.54, 1.807) is 12.4 Å². The van der Waals surface area contributed by atoms with Crippen molar-refractivity contribution in [1.29, 1.82) is 0 Å². The Morgan fingerprint density at radius 2 is 2.33 bits per heavy atom. The van der Waals surface area contributed by atoms with Gasteiger partial charge in [0, 0.05) is 12.4 Å². The molecule has 0 amide bonds. The molecule has 1 heterocycles. The van der Waals surface area contributed by atoms with Crippen molar-refractivity contribution in [2.24, 2.45) is 11.8 Å². The number of rotatable bonds is 2. The summed E-state index contributed by atoms with van der Waals surface area (Å²) in [5.41, 5.74) is 0.969. The fourth-order valence-electron chi connectivity index (χ4n) is 2.59. The fourth-order valence-corrected chi connectivity index (χ4v) is 2.59. The van der Waals surface area contributed by atoms with Crippen molar-refractivity contribution in [2.45, 2.75) is 38.7 Å². The van der Waals surface area contributed by atoms with Gasteiger partial charge in [-0.05, 0) is 36.3 Å². The van der Waals surface area contributed by atoms with Gasteiger partial charge in [0.05, 0.1) is 6.10 Å². The lowest BCUT2D eigenvalue weighted by Gasteiger charge is -2.30. The van der Waals surface area contributed by atoms with Crippen LogP contribution in [0.2, 0.25) is 0 Å². The van der Waals surface area contributed by atoms with Crippen molar-refractivity contribution >= 4 is 0 Å². The molecule has 2 nitrogen and oxygen atoms in total. The zero-order valence-electron chi connectivity index (χ0n) is 9.26. The summed E-state index contributed by atoms with van der Waals surface area (Å²) in [5, 5.41) is 10.2. The molecule has 82 valence electrons. The van der Waals surface area contributed by atoms with Crippen molar-refractivity contribution in [3.05, 3.63) is 30.1 Å². The van der Waals surface area contributed by atoms with Crippen LogP contribution in [0.1, 0.15) is 44.3 Å². The first-order valence-corrected chi connectivity index (χ1v) is 5.85. The molecule has 1 saturated carbocycles. The average Bonchev–Trinajstić information content (AvgIpc) is 2.29. The highest BCUT2D eigenvalue weighted by Crippen LogP contribution is 2.36. The lowest BCUT2D eigenvalue weighted by Crippen LogP contribution is -2.20. The Hall–Kier alpha value is -0.890. The molecule has 15 heavy (non-hydrogen) atoms. The van der Waals surface area contributed by atoms with E-state index in [1.807, 2.05) is 12.1 Å². The lowest BCUT2D eigenvalue weighted by atomic mass is 9.78. The number of pyridine rings is 1. The summed E-state index contributed by atoms with van der Waals surface area (Å²) in [6.45, 7) is 2.28. The molecule has 2 rings (SSSR count). The first-order chi connectivity index (χ1) is 7.27. The first-order valence-electron chi connectivity index (χ1n) is 5.85. The maximum atomic E-state index is 10.2. The van der Waals surface area contributed by atoms with Gasteiger partial charge < -0.3 is 5.11 Å². The van der Waals surface area contributed by atoms with Gasteiger partial charge in [-0.2, -0.15) is 0 Å². The molecule has 0 spiro atoms. The molecular formula is C13H19NO. The fraction of sp³-hybridized carbons (Fsp3) is 0.615. The molecule has 3 atom stereocenters. The van der Waals surface area contributed by atoms with Crippen LogP contribution in [0, 0.1) is 11.8 Å². The highest BCUT2D eigenvalue weighted by atomic mass is 16.3. The molecule has 1 aromatic heterocycles. The maximum absolute atomic E-state index is 10.2. The van der Waals surface area contributed by atoms with Gasteiger partial charge in [-0.15, -0.1) is 0 Å². The molecule has 1 fully saturated rings. The van der Waals surface area contributed by atoms with Crippen LogP contribution >= 0.6 is 0 Å². The minimum Gasteiger partial charge on any atom is -0.388 e. The standard InChI is InChI=1S/C13H19NO/c1-10-4-2-5-11(8-10)13(15)12-6-3-7-14-9-12/h3,6-7,9-11,13,15H,2,4-5,8H2,1H3. The van der Waals surface area contributed by atoms with Crippen LogP contribution in [0.15, 0.2) is 24.5 Å². The van der Waals surface area contributed by atoms with E-state index in [1.165, 1.54) is 12.8 Å². The number of nitrogens with zero attached hydrogens (tertiary/aromatic N) is 1. The van der Waals surface area contributed by atoms with Gasteiger partial charge in [0.15, 0.2) is 0 Å². The Labute approximate surface area is 91.4 Å². The SMILES string of the molecule is CC1CCCC(C(O)c2cccnc2)C1. The van der Waals surface area contributed by atoms with Crippen LogP contribution in [0.3, 0.4) is 0 Å². The maximum Gasteiger partial charge on any atom is 0.0833 e. The summed E-state index contributed by atoms with van der Waals surface area (Å²) in [6.07, 6.45) is 8.08. The number of aromatic nitrogens is 1. The predicted octanol–water partition coefficient (Wildman–Crippen LogP) is 2.94. The van der Waals surface area contributed by atoms with E-state index in [4.69, 9.17) is 0 Å². The van der Waals surface area contributed by atoms with Gasteiger partial charge in [0.25, 0.3) is 0 Å². The van der Waals surface area contributed by atoms with Crippen molar-refractivity contribution < 1.29 is 5.11 Å². The smallest absolute Gasteiger partial charge is 0.0833 e. The third kappa shape index (κ3) is 2.57. The van der Waals surface area contributed by atoms with Crippen molar-refractivity contribution in [3.8, 4) is 0 Å². The summed E-state index contributed by atoms with van der Waals surface area (Å²) in [7, 11) is 0. The Morgan fingerprint density at radius 3 is 3.00 bits per heavy atom. The molecule has 3 unspecified atom stereocenters. The second kappa shape index (κ2) is 4.75. The molecule has 0 aliphatic heterocycles. The van der Waals surface area contributed by atoms with Crippen LogP contribution in [-0.4, -0.2) is 10.1 Å². The van der Waals surface area contributed by atoms with Crippen molar-refractivity contribution in [1.82, 2.24) is 4.98 Å². The van der Waals surface area contributed by atoms with Gasteiger partial charge in [-0.25, -0.2) is 0 Å². The number of hydrogen-bond donors (Lipinski definition) is 1. The molecule has 0 aromatic carbocycles. The van der Waals surface area contributed by atoms with E-state index in [2.05, 4.69) is 11.9 Å². The van der Waals surface area contributed by atoms with Crippen LogP contribution in [0.25, 0.3) is 0 Å². The van der Waals surface area contributed by atoms with E-state index in [-0.39, 0.29) is 6.10 Å². The van der Waals surface area contributed by atoms with E-state index >= 15 is 0 Å². The Morgan fingerprint density at radius 1 is 1.47 bits per heavy atom. The zero-order chi connectivity index (χ0) is 10.7. The largest absolute Gasteiger partial charge is 0.388 e. The number of hydrogen-bond acceptors (Lipinski definition) is 2. The zero-order valence-corrected chi connectivity index (χ0v) is 9.26. The predicted molar refractivity (Wildman–Crippen MR) is 60.3 cm³/mol. The summed E-state index contributed by atoms with van der Waals surface area (Å²) in [5.74, 6) is 1.19. The van der Waals surface area contributed by atoms with Gasteiger partial charge in [-0.3, -0.25) is 4.98 Å². The van der Waals surface area contributed by atoms with E-state index < -0.39 is 0 Å². The molecule has 1 N–H and O–H groups in total. The lowest BCUT2D eigenvalue weighted by molar-refractivity contribution is 0.0711. The molecule has 1 aliphatic carbocycles. The third-order valence-electron chi connectivity index (χ3n) is 3.45. The van der Waals surface area contributed by atoms with Crippen LogP contribution in [-0.2, 0) is 0 Å². The second-order valence-corrected chi connectivity index (χ2v) is 4.76. The van der Waals surface area contributed by atoms with Crippen LogP contribution < -0.4 is 0 Å². The number of aliphatic hydroxyl groups excluding tert-OH is 1. The molecule has 0 saturated heterocycles. The summed E-state index contributed by atoms with van der Waals surface area (Å²) in [4.78, 5) is 4.06. The highest BCUT2D eigenvalue weighted by molar-refractivity contribution is 5.12. The first kappa shape index (κ1) is 10.6. The molecular weight excluding hydrogens is 186 g/mol. The Kier molecular flexibility index (Phi) is 3.37. The molecule has 0 radical (unpaired) electrons. The van der Waals surface area contributed by atoms with E-state index in [0.717, 1.165) is 24.3 Å². The normalized spacial score (nSPS) is 28.7. The summed E-state index contributed by atoms with van der Waals surface area (Å²) < 4.78 is 0. The highest BCUT2D eigenvalue weighted by Gasteiger charge is 2.26.